The van der Waals surface area contributed by atoms with Crippen molar-refractivity contribution in [2.75, 3.05) is 6.26 Å². The maximum atomic E-state index is 13.2. The minimum Gasteiger partial charge on any atom is -0.268 e. The van der Waals surface area contributed by atoms with Crippen molar-refractivity contribution in [3.05, 3.63) is 59.2 Å². The highest BCUT2D eigenvalue weighted by atomic mass is 32.2. The number of hydrogen-bond acceptors (Lipinski definition) is 4. The Balaban J connectivity index is 2.04. The zero-order valence-electron chi connectivity index (χ0n) is 12.5. The minimum absolute atomic E-state index is 0.238. The molecule has 0 aliphatic heterocycles. The van der Waals surface area contributed by atoms with Gasteiger partial charge in [-0.15, -0.1) is 0 Å². The Morgan fingerprint density at radius 2 is 1.75 bits per heavy atom. The van der Waals surface area contributed by atoms with Gasteiger partial charge >= 0.3 is 16.3 Å². The van der Waals surface area contributed by atoms with Gasteiger partial charge in [0.1, 0.15) is 0 Å². The molecule has 0 amide bonds. The Labute approximate surface area is 136 Å². The Bertz CT molecular complexity index is 934. The summed E-state index contributed by atoms with van der Waals surface area (Å²) in [5.74, 6) is 0. The summed E-state index contributed by atoms with van der Waals surface area (Å²) in [6.45, 7) is 0. The largest absolute Gasteiger partial charge is 0.437 e. The number of benzene rings is 2. The maximum Gasteiger partial charge on any atom is 0.437 e. The van der Waals surface area contributed by atoms with Crippen molar-refractivity contribution in [3.63, 3.8) is 0 Å². The third-order valence-corrected chi connectivity index (χ3v) is 3.94. The molecule has 0 heterocycles. The summed E-state index contributed by atoms with van der Waals surface area (Å²) in [7, 11) is -4.13. The number of oxime groups is 1. The van der Waals surface area contributed by atoms with Crippen molar-refractivity contribution in [1.29, 1.82) is 0 Å². The van der Waals surface area contributed by atoms with E-state index in [1.807, 2.05) is 24.3 Å². The van der Waals surface area contributed by atoms with Crippen LogP contribution in [0.25, 0.3) is 11.1 Å². The van der Waals surface area contributed by atoms with E-state index in [-0.39, 0.29) is 5.56 Å². The SMILES string of the molecule is CS(=O)(=O)ON=C(c1ccc2c(c1)Cc1ccccc1-2)C(F)(F)F. The number of hydrogen-bond donors (Lipinski definition) is 0. The summed E-state index contributed by atoms with van der Waals surface area (Å²) in [5.41, 5.74) is 1.98. The second kappa shape index (κ2) is 5.62. The van der Waals surface area contributed by atoms with Gasteiger partial charge in [0, 0.05) is 5.56 Å². The van der Waals surface area contributed by atoms with Crippen LogP contribution in [0.1, 0.15) is 16.7 Å². The summed E-state index contributed by atoms with van der Waals surface area (Å²) in [6, 6.07) is 11.8. The predicted octanol–water partition coefficient (Wildman–Crippen LogP) is 3.50. The smallest absolute Gasteiger partial charge is 0.268 e. The van der Waals surface area contributed by atoms with Crippen LogP contribution in [0.4, 0.5) is 13.2 Å². The number of nitrogens with zero attached hydrogens (tertiary/aromatic N) is 1. The Morgan fingerprint density at radius 3 is 2.42 bits per heavy atom. The number of alkyl halides is 3. The summed E-state index contributed by atoms with van der Waals surface area (Å²) in [6.07, 6.45) is -3.70. The lowest BCUT2D eigenvalue weighted by atomic mass is 10.0. The number of fused-ring (bicyclic) bond motifs is 3. The van der Waals surface area contributed by atoms with Crippen molar-refractivity contribution >= 4 is 15.8 Å². The molecule has 0 saturated heterocycles. The van der Waals surface area contributed by atoms with Gasteiger partial charge in [0.2, 0.25) is 0 Å². The first-order valence-electron chi connectivity index (χ1n) is 6.90. The van der Waals surface area contributed by atoms with Crippen LogP contribution in [-0.2, 0) is 20.8 Å². The van der Waals surface area contributed by atoms with E-state index in [9.17, 15) is 21.6 Å². The summed E-state index contributed by atoms with van der Waals surface area (Å²) in [5, 5.41) is 2.81. The molecule has 3 rings (SSSR count). The summed E-state index contributed by atoms with van der Waals surface area (Å²) < 4.78 is 65.4. The molecule has 0 bridgehead atoms. The molecule has 0 spiro atoms. The zero-order chi connectivity index (χ0) is 17.5. The Kier molecular flexibility index (Phi) is 3.87. The summed E-state index contributed by atoms with van der Waals surface area (Å²) >= 11 is 0. The van der Waals surface area contributed by atoms with Gasteiger partial charge < -0.3 is 0 Å². The molecule has 126 valence electrons. The van der Waals surface area contributed by atoms with Crippen LogP contribution in [0.5, 0.6) is 0 Å². The van der Waals surface area contributed by atoms with Gasteiger partial charge in [-0.25, -0.2) is 0 Å². The Morgan fingerprint density at radius 1 is 1.08 bits per heavy atom. The molecule has 0 aromatic heterocycles. The molecule has 0 unspecified atom stereocenters. The second-order valence-corrected chi connectivity index (χ2v) is 6.98. The standard InChI is InChI=1S/C16H12F3NO3S/c1-24(21,22)23-20-15(16(17,18)19)11-6-7-14-12(9-11)8-10-4-2-3-5-13(10)14/h2-7,9H,8H2,1H3. The molecule has 4 nitrogen and oxygen atoms in total. The first-order chi connectivity index (χ1) is 11.1. The van der Waals surface area contributed by atoms with Crippen molar-refractivity contribution in [3.8, 4) is 11.1 Å². The fourth-order valence-corrected chi connectivity index (χ4v) is 2.88. The fourth-order valence-electron chi connectivity index (χ4n) is 2.67. The average Bonchev–Trinajstić information content (AvgIpc) is 2.82. The molecular formula is C16H12F3NO3S. The van der Waals surface area contributed by atoms with Crippen LogP contribution in [0, 0.1) is 0 Å². The van der Waals surface area contributed by atoms with Gasteiger partial charge in [0.15, 0.2) is 5.71 Å². The topological polar surface area (TPSA) is 55.7 Å². The molecule has 8 heteroatoms. The normalized spacial score (nSPS) is 14.2. The van der Waals surface area contributed by atoms with Crippen LogP contribution in [-0.4, -0.2) is 26.6 Å². The fraction of sp³-hybridized carbons (Fsp3) is 0.188. The summed E-state index contributed by atoms with van der Waals surface area (Å²) in [4.78, 5) is 0. The number of halogens is 3. The minimum atomic E-state index is -4.84. The van der Waals surface area contributed by atoms with Crippen molar-refractivity contribution < 1.29 is 25.9 Å². The van der Waals surface area contributed by atoms with E-state index in [0.29, 0.717) is 12.7 Å². The average molecular weight is 355 g/mol. The second-order valence-electron chi connectivity index (χ2n) is 5.42. The van der Waals surface area contributed by atoms with Gasteiger partial charge in [-0.05, 0) is 34.7 Å². The van der Waals surface area contributed by atoms with Gasteiger partial charge in [-0.1, -0.05) is 41.6 Å². The van der Waals surface area contributed by atoms with E-state index in [4.69, 9.17) is 0 Å². The van der Waals surface area contributed by atoms with E-state index in [2.05, 4.69) is 9.44 Å². The zero-order valence-corrected chi connectivity index (χ0v) is 13.3. The monoisotopic (exact) mass is 355 g/mol. The van der Waals surface area contributed by atoms with Crippen LogP contribution >= 0.6 is 0 Å². The lowest BCUT2D eigenvalue weighted by molar-refractivity contribution is -0.0596. The third kappa shape index (κ3) is 3.28. The van der Waals surface area contributed by atoms with E-state index in [1.165, 1.54) is 12.1 Å². The molecule has 0 fully saturated rings. The van der Waals surface area contributed by atoms with Crippen LogP contribution in [0.2, 0.25) is 0 Å². The van der Waals surface area contributed by atoms with Crippen LogP contribution < -0.4 is 0 Å². The number of rotatable bonds is 3. The molecule has 1 aliphatic carbocycles. The molecule has 2 aromatic carbocycles. The van der Waals surface area contributed by atoms with E-state index < -0.39 is 22.0 Å². The molecule has 0 radical (unpaired) electrons. The highest BCUT2D eigenvalue weighted by Crippen LogP contribution is 2.37. The highest BCUT2D eigenvalue weighted by Gasteiger charge is 2.38. The van der Waals surface area contributed by atoms with Gasteiger partial charge in [-0.3, -0.25) is 4.28 Å². The van der Waals surface area contributed by atoms with Crippen molar-refractivity contribution in [2.24, 2.45) is 5.16 Å². The molecule has 24 heavy (non-hydrogen) atoms. The van der Waals surface area contributed by atoms with E-state index >= 15 is 0 Å². The molecule has 2 aromatic rings. The first-order valence-corrected chi connectivity index (χ1v) is 8.72. The molecule has 0 atom stereocenters. The van der Waals surface area contributed by atoms with E-state index in [0.717, 1.165) is 22.3 Å². The quantitative estimate of drug-likeness (QED) is 0.534. The Hall–Kier alpha value is -2.35. The van der Waals surface area contributed by atoms with Gasteiger partial charge in [0.05, 0.1) is 6.26 Å². The molecule has 0 N–H and O–H groups in total. The van der Waals surface area contributed by atoms with E-state index in [1.54, 1.807) is 6.07 Å². The highest BCUT2D eigenvalue weighted by molar-refractivity contribution is 7.85. The third-order valence-electron chi connectivity index (χ3n) is 3.60. The van der Waals surface area contributed by atoms with Gasteiger partial charge in [-0.2, -0.15) is 21.6 Å². The van der Waals surface area contributed by atoms with Crippen molar-refractivity contribution in [2.45, 2.75) is 12.6 Å². The first kappa shape index (κ1) is 16.5. The lowest BCUT2D eigenvalue weighted by Crippen LogP contribution is -2.25. The predicted molar refractivity (Wildman–Crippen MR) is 83.2 cm³/mol. The molecule has 1 aliphatic rings. The van der Waals surface area contributed by atoms with Crippen molar-refractivity contribution in [1.82, 2.24) is 0 Å². The molecular weight excluding hydrogens is 343 g/mol. The molecule has 0 saturated carbocycles. The van der Waals surface area contributed by atoms with Gasteiger partial charge in [0.25, 0.3) is 0 Å². The maximum absolute atomic E-state index is 13.2. The van der Waals surface area contributed by atoms with Crippen LogP contribution in [0.15, 0.2) is 47.6 Å². The van der Waals surface area contributed by atoms with Crippen LogP contribution in [0.3, 0.4) is 0 Å². The lowest BCUT2D eigenvalue weighted by Gasteiger charge is -2.11.